The SMILES string of the molecule is C#Cc1ccc(C(=O)NC(C)(C)C(=O)Nc2ccc(N3CCOCCC3=O)c(C)c2)s1. The van der Waals surface area contributed by atoms with Gasteiger partial charge in [-0.05, 0) is 56.7 Å². The van der Waals surface area contributed by atoms with E-state index in [4.69, 9.17) is 11.2 Å². The number of amides is 3. The second-order valence-corrected chi connectivity index (χ2v) is 8.83. The van der Waals surface area contributed by atoms with E-state index in [1.54, 1.807) is 36.9 Å². The van der Waals surface area contributed by atoms with Crippen LogP contribution in [-0.4, -0.2) is 43.0 Å². The average molecular weight is 440 g/mol. The molecule has 0 aliphatic carbocycles. The number of ether oxygens (including phenoxy) is 1. The zero-order valence-corrected chi connectivity index (χ0v) is 18.6. The molecule has 2 heterocycles. The van der Waals surface area contributed by atoms with Gasteiger partial charge in [0.1, 0.15) is 5.54 Å². The molecule has 0 spiro atoms. The number of terminal acetylenes is 1. The van der Waals surface area contributed by atoms with Gasteiger partial charge in [-0.15, -0.1) is 17.8 Å². The van der Waals surface area contributed by atoms with Crippen molar-refractivity contribution < 1.29 is 19.1 Å². The van der Waals surface area contributed by atoms with E-state index in [-0.39, 0.29) is 17.7 Å². The van der Waals surface area contributed by atoms with E-state index in [2.05, 4.69) is 16.6 Å². The first-order valence-corrected chi connectivity index (χ1v) is 10.7. The molecule has 1 aromatic carbocycles. The van der Waals surface area contributed by atoms with E-state index < -0.39 is 5.54 Å². The molecule has 1 aliphatic heterocycles. The van der Waals surface area contributed by atoms with Crippen LogP contribution in [0.5, 0.6) is 0 Å². The maximum absolute atomic E-state index is 12.8. The highest BCUT2D eigenvalue weighted by Gasteiger charge is 2.30. The lowest BCUT2D eigenvalue weighted by molar-refractivity contribution is -0.121. The third-order valence-corrected chi connectivity index (χ3v) is 5.95. The molecule has 2 N–H and O–H groups in total. The molecule has 31 heavy (non-hydrogen) atoms. The van der Waals surface area contributed by atoms with Gasteiger partial charge in [0.15, 0.2) is 0 Å². The van der Waals surface area contributed by atoms with Gasteiger partial charge in [-0.3, -0.25) is 14.4 Å². The quantitative estimate of drug-likeness (QED) is 0.702. The van der Waals surface area contributed by atoms with Crippen molar-refractivity contribution in [3.8, 4) is 12.3 Å². The lowest BCUT2D eigenvalue weighted by Gasteiger charge is -2.26. The van der Waals surface area contributed by atoms with E-state index in [0.29, 0.717) is 41.6 Å². The van der Waals surface area contributed by atoms with Gasteiger partial charge in [0, 0.05) is 17.9 Å². The number of nitrogens with zero attached hydrogens (tertiary/aromatic N) is 1. The van der Waals surface area contributed by atoms with Gasteiger partial charge >= 0.3 is 0 Å². The van der Waals surface area contributed by atoms with Crippen molar-refractivity contribution in [1.82, 2.24) is 5.32 Å². The van der Waals surface area contributed by atoms with E-state index in [1.165, 1.54) is 11.3 Å². The van der Waals surface area contributed by atoms with Crippen LogP contribution >= 0.6 is 11.3 Å². The number of benzene rings is 1. The largest absolute Gasteiger partial charge is 0.379 e. The number of hydrogen-bond donors (Lipinski definition) is 2. The molecule has 0 radical (unpaired) electrons. The fraction of sp³-hybridized carbons (Fsp3) is 0.348. The minimum absolute atomic E-state index is 0.0165. The summed E-state index contributed by atoms with van der Waals surface area (Å²) in [4.78, 5) is 40.4. The Hall–Kier alpha value is -3.15. The first kappa shape index (κ1) is 22.5. The molecule has 2 aromatic rings. The molecule has 0 atom stereocenters. The Morgan fingerprint density at radius 2 is 2.00 bits per heavy atom. The number of nitrogens with one attached hydrogen (secondary N) is 2. The molecular formula is C23H25N3O4S. The Morgan fingerprint density at radius 3 is 2.68 bits per heavy atom. The van der Waals surface area contributed by atoms with Crippen LogP contribution in [0.25, 0.3) is 0 Å². The molecule has 0 unspecified atom stereocenters. The normalized spacial score (nSPS) is 14.5. The van der Waals surface area contributed by atoms with Crippen LogP contribution in [0.15, 0.2) is 30.3 Å². The Kier molecular flexibility index (Phi) is 6.78. The van der Waals surface area contributed by atoms with Crippen LogP contribution in [0.4, 0.5) is 11.4 Å². The second kappa shape index (κ2) is 9.33. The van der Waals surface area contributed by atoms with Crippen molar-refractivity contribution in [2.24, 2.45) is 0 Å². The lowest BCUT2D eigenvalue weighted by atomic mass is 10.0. The topological polar surface area (TPSA) is 87.7 Å². The predicted molar refractivity (Wildman–Crippen MR) is 121 cm³/mol. The number of carbonyl (C=O) groups excluding carboxylic acids is 3. The number of carbonyl (C=O) groups is 3. The highest BCUT2D eigenvalue weighted by Crippen LogP contribution is 2.26. The van der Waals surface area contributed by atoms with Crippen molar-refractivity contribution in [1.29, 1.82) is 0 Å². The van der Waals surface area contributed by atoms with Crippen LogP contribution in [-0.2, 0) is 14.3 Å². The molecule has 1 saturated heterocycles. The van der Waals surface area contributed by atoms with Crippen molar-refractivity contribution in [2.45, 2.75) is 32.7 Å². The number of anilines is 2. The minimum atomic E-state index is -1.15. The molecular weight excluding hydrogens is 414 g/mol. The van der Waals surface area contributed by atoms with Crippen molar-refractivity contribution in [3.63, 3.8) is 0 Å². The highest BCUT2D eigenvalue weighted by atomic mass is 32.1. The monoisotopic (exact) mass is 439 g/mol. The predicted octanol–water partition coefficient (Wildman–Crippen LogP) is 2.94. The Morgan fingerprint density at radius 1 is 1.23 bits per heavy atom. The zero-order chi connectivity index (χ0) is 22.6. The molecule has 162 valence electrons. The van der Waals surface area contributed by atoms with Crippen LogP contribution in [0.3, 0.4) is 0 Å². The smallest absolute Gasteiger partial charge is 0.262 e. The van der Waals surface area contributed by atoms with Crippen LogP contribution in [0, 0.1) is 19.3 Å². The summed E-state index contributed by atoms with van der Waals surface area (Å²) in [6.45, 7) is 6.56. The third-order valence-electron chi connectivity index (χ3n) is 4.93. The summed E-state index contributed by atoms with van der Waals surface area (Å²) in [5.74, 6) is 1.78. The summed E-state index contributed by atoms with van der Waals surface area (Å²) in [6.07, 6.45) is 5.69. The van der Waals surface area contributed by atoms with Gasteiger partial charge in [-0.1, -0.05) is 5.92 Å². The zero-order valence-electron chi connectivity index (χ0n) is 17.8. The van der Waals surface area contributed by atoms with Crippen LogP contribution in [0.2, 0.25) is 0 Å². The number of hydrogen-bond acceptors (Lipinski definition) is 5. The Balaban J connectivity index is 1.68. The van der Waals surface area contributed by atoms with Gasteiger partial charge < -0.3 is 20.3 Å². The maximum atomic E-state index is 12.8. The maximum Gasteiger partial charge on any atom is 0.262 e. The lowest BCUT2D eigenvalue weighted by Crippen LogP contribution is -2.52. The van der Waals surface area contributed by atoms with Gasteiger partial charge in [-0.2, -0.15) is 0 Å². The van der Waals surface area contributed by atoms with Gasteiger partial charge in [0.25, 0.3) is 5.91 Å². The van der Waals surface area contributed by atoms with E-state index in [1.807, 2.05) is 19.1 Å². The summed E-state index contributed by atoms with van der Waals surface area (Å²) in [5, 5.41) is 5.58. The van der Waals surface area contributed by atoms with E-state index in [0.717, 1.165) is 11.3 Å². The fourth-order valence-electron chi connectivity index (χ4n) is 3.19. The molecule has 0 bridgehead atoms. The second-order valence-electron chi connectivity index (χ2n) is 7.75. The first-order chi connectivity index (χ1) is 14.7. The summed E-state index contributed by atoms with van der Waals surface area (Å²) in [5.41, 5.74) is 1.08. The van der Waals surface area contributed by atoms with Crippen molar-refractivity contribution >= 4 is 40.4 Å². The van der Waals surface area contributed by atoms with Crippen LogP contribution < -0.4 is 15.5 Å². The fourth-order valence-corrected chi connectivity index (χ4v) is 3.91. The third kappa shape index (κ3) is 5.32. The number of thiophene rings is 1. The number of rotatable bonds is 5. The van der Waals surface area contributed by atoms with Crippen LogP contribution in [0.1, 0.15) is 40.4 Å². The summed E-state index contributed by atoms with van der Waals surface area (Å²) >= 11 is 1.20. The average Bonchev–Trinajstić information content (AvgIpc) is 3.11. The molecule has 0 saturated carbocycles. The van der Waals surface area contributed by atoms with Crippen molar-refractivity contribution in [3.05, 3.63) is 45.6 Å². The van der Waals surface area contributed by atoms with E-state index >= 15 is 0 Å². The Bertz CT molecular complexity index is 1050. The summed E-state index contributed by atoms with van der Waals surface area (Å²) in [7, 11) is 0. The van der Waals surface area contributed by atoms with E-state index in [9.17, 15) is 14.4 Å². The molecule has 3 amide bonds. The molecule has 7 nitrogen and oxygen atoms in total. The molecule has 1 aromatic heterocycles. The van der Waals surface area contributed by atoms with Crippen molar-refractivity contribution in [2.75, 3.05) is 30.0 Å². The summed E-state index contributed by atoms with van der Waals surface area (Å²) in [6, 6.07) is 8.70. The molecule has 8 heteroatoms. The standard InChI is InChI=1S/C23H25N3O4S/c1-5-17-7-9-19(31-17)21(28)25-23(3,4)22(29)24-16-6-8-18(15(2)14-16)26-11-13-30-12-10-20(26)27/h1,6-9,14H,10-13H2,2-4H3,(H,24,29)(H,25,28). The summed E-state index contributed by atoms with van der Waals surface area (Å²) < 4.78 is 5.38. The molecule has 1 fully saturated rings. The van der Waals surface area contributed by atoms with Gasteiger partial charge in [0.2, 0.25) is 11.8 Å². The highest BCUT2D eigenvalue weighted by molar-refractivity contribution is 7.14. The first-order valence-electron chi connectivity index (χ1n) is 9.90. The van der Waals surface area contributed by atoms with Gasteiger partial charge in [0.05, 0.1) is 29.4 Å². The molecule has 3 rings (SSSR count). The van der Waals surface area contributed by atoms with Gasteiger partial charge in [-0.25, -0.2) is 0 Å². The Labute approximate surface area is 185 Å². The molecule has 1 aliphatic rings. The minimum Gasteiger partial charge on any atom is -0.379 e. The number of aryl methyl sites for hydroxylation is 1.